The molecular weight excluding hydrogens is 329 g/mol. The second kappa shape index (κ2) is 7.97. The Morgan fingerprint density at radius 1 is 1.12 bits per heavy atom. The van der Waals surface area contributed by atoms with Crippen molar-refractivity contribution in [2.24, 2.45) is 0 Å². The molecule has 0 aromatic heterocycles. The first-order valence-corrected chi connectivity index (χ1v) is 8.19. The normalized spacial score (nSPS) is 11.7. The molecular formula is C18H18FNO3S. The van der Waals surface area contributed by atoms with Crippen LogP contribution in [0.25, 0.3) is 0 Å². The van der Waals surface area contributed by atoms with Crippen molar-refractivity contribution in [3.63, 3.8) is 0 Å². The Hall–Kier alpha value is -2.34. The van der Waals surface area contributed by atoms with Gasteiger partial charge in [-0.25, -0.2) is 4.39 Å². The molecule has 0 saturated carbocycles. The number of nitrogens with zero attached hydrogens (tertiary/aromatic N) is 1. The molecule has 0 N–H and O–H groups in total. The third kappa shape index (κ3) is 3.94. The van der Waals surface area contributed by atoms with E-state index in [1.807, 2.05) is 0 Å². The van der Waals surface area contributed by atoms with Crippen molar-refractivity contribution < 1.29 is 18.7 Å². The van der Waals surface area contributed by atoms with E-state index in [4.69, 9.17) is 4.74 Å². The minimum atomic E-state index is -0.471. The molecule has 0 fully saturated rings. The molecule has 0 heterocycles. The zero-order valence-corrected chi connectivity index (χ0v) is 14.5. The number of ether oxygens (including phenoxy) is 1. The van der Waals surface area contributed by atoms with Crippen LogP contribution in [0.2, 0.25) is 0 Å². The van der Waals surface area contributed by atoms with Crippen molar-refractivity contribution in [2.45, 2.75) is 17.1 Å². The van der Waals surface area contributed by atoms with E-state index >= 15 is 0 Å². The lowest BCUT2D eigenvalue weighted by Gasteiger charge is -2.20. The quantitative estimate of drug-likeness (QED) is 0.610. The average Bonchev–Trinajstić information content (AvgIpc) is 2.60. The van der Waals surface area contributed by atoms with Gasteiger partial charge in [0.05, 0.1) is 18.4 Å². The highest BCUT2D eigenvalue weighted by Crippen LogP contribution is 2.29. The molecule has 0 bridgehead atoms. The van der Waals surface area contributed by atoms with Gasteiger partial charge in [0.25, 0.3) is 5.91 Å². The maximum Gasteiger partial charge on any atom is 0.318 e. The van der Waals surface area contributed by atoms with Gasteiger partial charge in [0.15, 0.2) is 0 Å². The lowest BCUT2D eigenvalue weighted by atomic mass is 10.2. The number of hydrogen-bond acceptors (Lipinski definition) is 4. The van der Waals surface area contributed by atoms with Gasteiger partial charge in [0.1, 0.15) is 11.1 Å². The van der Waals surface area contributed by atoms with Gasteiger partial charge in [-0.1, -0.05) is 24.3 Å². The lowest BCUT2D eigenvalue weighted by molar-refractivity contribution is -0.139. The molecule has 6 heteroatoms. The summed E-state index contributed by atoms with van der Waals surface area (Å²) < 4.78 is 18.6. The molecule has 4 nitrogen and oxygen atoms in total. The first kappa shape index (κ1) is 18.0. The molecule has 0 aliphatic rings. The number of benzene rings is 2. The minimum absolute atomic E-state index is 0.198. The van der Waals surface area contributed by atoms with E-state index in [9.17, 15) is 14.0 Å². The molecule has 2 aromatic carbocycles. The molecule has 0 saturated heterocycles. The van der Waals surface area contributed by atoms with Crippen molar-refractivity contribution >= 4 is 29.3 Å². The topological polar surface area (TPSA) is 46.6 Å². The van der Waals surface area contributed by atoms with Gasteiger partial charge in [-0.2, -0.15) is 0 Å². The minimum Gasteiger partial charge on any atom is -0.468 e. The number of para-hydroxylation sites is 1. The van der Waals surface area contributed by atoms with Gasteiger partial charge in [-0.05, 0) is 31.2 Å². The van der Waals surface area contributed by atoms with Crippen molar-refractivity contribution in [1.82, 2.24) is 0 Å². The summed E-state index contributed by atoms with van der Waals surface area (Å²) in [5.41, 5.74) is 0.604. The molecule has 24 heavy (non-hydrogen) atoms. The Morgan fingerprint density at radius 2 is 1.75 bits per heavy atom. The molecule has 126 valence electrons. The van der Waals surface area contributed by atoms with Crippen LogP contribution in [0.15, 0.2) is 53.4 Å². The van der Waals surface area contributed by atoms with Crippen LogP contribution in [-0.4, -0.2) is 31.3 Å². The molecule has 1 amide bonds. The van der Waals surface area contributed by atoms with Crippen molar-refractivity contribution in [3.8, 4) is 0 Å². The highest BCUT2D eigenvalue weighted by atomic mass is 32.2. The Labute approximate surface area is 144 Å². The average molecular weight is 347 g/mol. The van der Waals surface area contributed by atoms with Crippen LogP contribution in [-0.2, 0) is 9.53 Å². The number of esters is 1. The molecule has 0 radical (unpaired) electrons. The predicted molar refractivity (Wildman–Crippen MR) is 92.9 cm³/mol. The van der Waals surface area contributed by atoms with Crippen molar-refractivity contribution in [3.05, 3.63) is 59.9 Å². The highest BCUT2D eigenvalue weighted by Gasteiger charge is 2.22. The maximum absolute atomic E-state index is 13.9. The fourth-order valence-electron chi connectivity index (χ4n) is 2.16. The maximum atomic E-state index is 13.9. The van der Waals surface area contributed by atoms with Crippen LogP contribution in [0.4, 0.5) is 10.1 Å². The molecule has 1 atom stereocenters. The van der Waals surface area contributed by atoms with Gasteiger partial charge in [-0.15, -0.1) is 11.8 Å². The number of hydrogen-bond donors (Lipinski definition) is 0. The van der Waals surface area contributed by atoms with E-state index in [0.717, 1.165) is 0 Å². The summed E-state index contributed by atoms with van der Waals surface area (Å²) in [5.74, 6) is -1.19. The lowest BCUT2D eigenvalue weighted by Crippen LogP contribution is -2.27. The van der Waals surface area contributed by atoms with Crippen LogP contribution in [0.3, 0.4) is 0 Å². The molecule has 2 aromatic rings. The van der Waals surface area contributed by atoms with Gasteiger partial charge in [0.2, 0.25) is 0 Å². The fourth-order valence-corrected chi connectivity index (χ4v) is 3.18. The third-order valence-electron chi connectivity index (χ3n) is 3.47. The second-order valence-corrected chi connectivity index (χ2v) is 6.48. The summed E-state index contributed by atoms with van der Waals surface area (Å²) in [5, 5.41) is -0.456. The third-order valence-corrected chi connectivity index (χ3v) is 4.63. The van der Waals surface area contributed by atoms with Crippen LogP contribution >= 0.6 is 11.8 Å². The SMILES string of the molecule is COC(=O)C(C)Sc1ccccc1C(=O)N(C)c1ccccc1F. The predicted octanol–water partition coefficient (Wildman–Crippen LogP) is 3.76. The molecule has 0 aliphatic heterocycles. The number of methoxy groups -OCH3 is 1. The monoisotopic (exact) mass is 347 g/mol. The molecule has 2 rings (SSSR count). The van der Waals surface area contributed by atoms with E-state index in [1.165, 1.54) is 36.9 Å². The Balaban J connectivity index is 2.30. The van der Waals surface area contributed by atoms with Gasteiger partial charge >= 0.3 is 5.97 Å². The van der Waals surface area contributed by atoms with E-state index in [0.29, 0.717) is 10.5 Å². The van der Waals surface area contributed by atoms with Crippen LogP contribution in [0.5, 0.6) is 0 Å². The summed E-state index contributed by atoms with van der Waals surface area (Å²) in [6.07, 6.45) is 0. The van der Waals surface area contributed by atoms with Gasteiger partial charge in [-0.3, -0.25) is 9.59 Å². The summed E-state index contributed by atoms with van der Waals surface area (Å²) >= 11 is 1.23. The number of rotatable bonds is 5. The number of amides is 1. The Kier molecular flexibility index (Phi) is 5.98. The number of carbonyl (C=O) groups is 2. The van der Waals surface area contributed by atoms with Gasteiger partial charge < -0.3 is 9.64 Å². The van der Waals surface area contributed by atoms with E-state index in [1.54, 1.807) is 49.4 Å². The standard InChI is InChI=1S/C18H18FNO3S/c1-12(18(22)23-3)24-16-11-7-4-8-13(16)17(21)20(2)15-10-6-5-9-14(15)19/h4-12H,1-3H3. The zero-order chi connectivity index (χ0) is 17.7. The van der Waals surface area contributed by atoms with E-state index in [2.05, 4.69) is 0 Å². The van der Waals surface area contributed by atoms with E-state index < -0.39 is 11.1 Å². The number of anilines is 1. The van der Waals surface area contributed by atoms with E-state index in [-0.39, 0.29) is 17.6 Å². The van der Waals surface area contributed by atoms with Crippen LogP contribution in [0.1, 0.15) is 17.3 Å². The summed E-state index contributed by atoms with van der Waals surface area (Å²) in [7, 11) is 2.84. The first-order chi connectivity index (χ1) is 11.5. The van der Waals surface area contributed by atoms with Crippen molar-refractivity contribution in [2.75, 3.05) is 19.1 Å². The summed E-state index contributed by atoms with van der Waals surface area (Å²) in [6, 6.07) is 13.0. The summed E-state index contributed by atoms with van der Waals surface area (Å²) in [6.45, 7) is 1.71. The second-order valence-electron chi connectivity index (χ2n) is 5.09. The van der Waals surface area contributed by atoms with Gasteiger partial charge in [0, 0.05) is 11.9 Å². The van der Waals surface area contributed by atoms with Crippen LogP contribution < -0.4 is 4.90 Å². The first-order valence-electron chi connectivity index (χ1n) is 7.31. The smallest absolute Gasteiger partial charge is 0.318 e. The van der Waals surface area contributed by atoms with Crippen LogP contribution in [0, 0.1) is 5.82 Å². The van der Waals surface area contributed by atoms with Crippen molar-refractivity contribution in [1.29, 1.82) is 0 Å². The molecule has 0 spiro atoms. The number of carbonyl (C=O) groups excluding carboxylic acids is 2. The molecule has 1 unspecified atom stereocenters. The largest absolute Gasteiger partial charge is 0.468 e. The zero-order valence-electron chi connectivity index (χ0n) is 13.7. The fraction of sp³-hybridized carbons (Fsp3) is 0.222. The molecule has 0 aliphatic carbocycles. The number of thioether (sulfide) groups is 1. The Bertz CT molecular complexity index is 751. The summed E-state index contributed by atoms with van der Waals surface area (Å²) in [4.78, 5) is 26.3. The highest BCUT2D eigenvalue weighted by molar-refractivity contribution is 8.00. The number of halogens is 1. The Morgan fingerprint density at radius 3 is 2.42 bits per heavy atom.